The van der Waals surface area contributed by atoms with Crippen LogP contribution in [0.15, 0.2) is 6.20 Å². The summed E-state index contributed by atoms with van der Waals surface area (Å²) in [5.74, 6) is -0.782. The van der Waals surface area contributed by atoms with Gasteiger partial charge in [-0.1, -0.05) is 6.92 Å². The van der Waals surface area contributed by atoms with E-state index in [1.165, 1.54) is 11.1 Å². The zero-order valence-corrected chi connectivity index (χ0v) is 11.7. The average molecular weight is 265 g/mol. The molecule has 1 aromatic rings. The van der Waals surface area contributed by atoms with Gasteiger partial charge in [0.25, 0.3) is 5.91 Å². The molecule has 1 atom stereocenters. The Kier molecular flexibility index (Phi) is 4.97. The van der Waals surface area contributed by atoms with Crippen LogP contribution in [0.1, 0.15) is 42.1 Å². The van der Waals surface area contributed by atoms with Gasteiger partial charge in [-0.05, 0) is 27.2 Å². The Morgan fingerprint density at radius 3 is 2.53 bits per heavy atom. The van der Waals surface area contributed by atoms with Crippen LogP contribution in [0.5, 0.6) is 0 Å². The second-order valence-corrected chi connectivity index (χ2v) is 4.50. The van der Waals surface area contributed by atoms with Gasteiger partial charge >= 0.3 is 5.97 Å². The number of hydrogen-bond donors (Lipinski definition) is 1. The van der Waals surface area contributed by atoms with Crippen molar-refractivity contribution in [1.82, 2.24) is 14.9 Å². The molecule has 0 aromatic carbocycles. The standard InChI is InChI=1S/C13H19N3O3/c1-5-8(2)16(7-12(17)18)13(19)11-6-14-10(4)15-9(11)3/h6,8H,5,7H2,1-4H3,(H,17,18). The Morgan fingerprint density at radius 1 is 1.42 bits per heavy atom. The maximum atomic E-state index is 12.4. The predicted octanol–water partition coefficient (Wildman–Crippen LogP) is 1.42. The van der Waals surface area contributed by atoms with Gasteiger partial charge in [0.05, 0.1) is 11.3 Å². The van der Waals surface area contributed by atoms with Crippen molar-refractivity contribution >= 4 is 11.9 Å². The average Bonchev–Trinajstić information content (AvgIpc) is 2.34. The van der Waals surface area contributed by atoms with Crippen molar-refractivity contribution in [2.45, 2.75) is 40.2 Å². The molecule has 0 aliphatic heterocycles. The maximum Gasteiger partial charge on any atom is 0.323 e. The normalized spacial score (nSPS) is 12.0. The fourth-order valence-electron chi connectivity index (χ4n) is 1.74. The van der Waals surface area contributed by atoms with Crippen molar-refractivity contribution < 1.29 is 14.7 Å². The third-order valence-corrected chi connectivity index (χ3v) is 3.02. The van der Waals surface area contributed by atoms with Gasteiger partial charge in [0.2, 0.25) is 0 Å². The number of amides is 1. The first-order valence-corrected chi connectivity index (χ1v) is 6.19. The highest BCUT2D eigenvalue weighted by atomic mass is 16.4. The van der Waals surface area contributed by atoms with Gasteiger partial charge in [-0.25, -0.2) is 9.97 Å². The lowest BCUT2D eigenvalue weighted by molar-refractivity contribution is -0.138. The molecule has 0 aliphatic rings. The highest BCUT2D eigenvalue weighted by Gasteiger charge is 2.24. The number of carboxylic acids is 1. The Hall–Kier alpha value is -1.98. The van der Waals surface area contributed by atoms with Crippen LogP contribution in [-0.2, 0) is 4.79 Å². The molecule has 1 rings (SSSR count). The van der Waals surface area contributed by atoms with Crippen molar-refractivity contribution in [2.75, 3.05) is 6.54 Å². The van der Waals surface area contributed by atoms with Crippen LogP contribution in [0.25, 0.3) is 0 Å². The van der Waals surface area contributed by atoms with Gasteiger partial charge in [-0.15, -0.1) is 0 Å². The SMILES string of the molecule is CCC(C)N(CC(=O)O)C(=O)c1cnc(C)nc1C. The minimum atomic E-state index is -1.03. The Morgan fingerprint density at radius 2 is 2.05 bits per heavy atom. The van der Waals surface area contributed by atoms with E-state index in [2.05, 4.69) is 9.97 Å². The smallest absolute Gasteiger partial charge is 0.323 e. The van der Waals surface area contributed by atoms with Gasteiger partial charge < -0.3 is 10.0 Å². The molecule has 6 nitrogen and oxygen atoms in total. The first-order valence-electron chi connectivity index (χ1n) is 6.19. The highest BCUT2D eigenvalue weighted by molar-refractivity contribution is 5.96. The van der Waals surface area contributed by atoms with Crippen molar-refractivity contribution in [2.24, 2.45) is 0 Å². The van der Waals surface area contributed by atoms with Crippen LogP contribution in [0.3, 0.4) is 0 Å². The fraction of sp³-hybridized carbons (Fsp3) is 0.538. The van der Waals surface area contributed by atoms with Gasteiger partial charge in [0, 0.05) is 12.2 Å². The number of carbonyl (C=O) groups excluding carboxylic acids is 1. The molecular formula is C13H19N3O3. The van der Waals surface area contributed by atoms with Crippen LogP contribution < -0.4 is 0 Å². The predicted molar refractivity (Wildman–Crippen MR) is 69.9 cm³/mol. The van der Waals surface area contributed by atoms with E-state index in [1.54, 1.807) is 13.8 Å². The molecule has 104 valence electrons. The number of carboxylic acid groups (broad SMARTS) is 1. The first-order chi connectivity index (χ1) is 8.86. The zero-order chi connectivity index (χ0) is 14.6. The van der Waals surface area contributed by atoms with Crippen LogP contribution >= 0.6 is 0 Å². The number of aliphatic carboxylic acids is 1. The summed E-state index contributed by atoms with van der Waals surface area (Å²) in [4.78, 5) is 32.7. The monoisotopic (exact) mass is 265 g/mol. The summed E-state index contributed by atoms with van der Waals surface area (Å²) in [7, 11) is 0. The summed E-state index contributed by atoms with van der Waals surface area (Å²) in [6, 6.07) is -0.149. The number of hydrogen-bond acceptors (Lipinski definition) is 4. The summed E-state index contributed by atoms with van der Waals surface area (Å²) in [6.45, 7) is 6.88. The van der Waals surface area contributed by atoms with Gasteiger partial charge in [0.1, 0.15) is 12.4 Å². The third kappa shape index (κ3) is 3.74. The molecule has 1 aromatic heterocycles. The molecule has 0 spiro atoms. The van der Waals surface area contributed by atoms with E-state index in [0.29, 0.717) is 23.5 Å². The lowest BCUT2D eigenvalue weighted by Gasteiger charge is -2.27. The Bertz CT molecular complexity index is 488. The summed E-state index contributed by atoms with van der Waals surface area (Å²) < 4.78 is 0. The number of carbonyl (C=O) groups is 2. The zero-order valence-electron chi connectivity index (χ0n) is 11.7. The van der Waals surface area contributed by atoms with E-state index >= 15 is 0 Å². The lowest BCUT2D eigenvalue weighted by atomic mass is 10.1. The molecule has 1 N–H and O–H groups in total. The summed E-state index contributed by atoms with van der Waals surface area (Å²) in [5, 5.41) is 8.91. The van der Waals surface area contributed by atoms with E-state index in [4.69, 9.17) is 5.11 Å². The number of nitrogens with zero attached hydrogens (tertiary/aromatic N) is 3. The molecule has 1 heterocycles. The van der Waals surface area contributed by atoms with Gasteiger partial charge in [-0.3, -0.25) is 9.59 Å². The summed E-state index contributed by atoms with van der Waals surface area (Å²) >= 11 is 0. The van der Waals surface area contributed by atoms with Gasteiger partial charge in [-0.2, -0.15) is 0 Å². The van der Waals surface area contributed by atoms with E-state index < -0.39 is 5.97 Å². The molecule has 0 saturated carbocycles. The Labute approximate surface area is 112 Å². The van der Waals surface area contributed by atoms with Crippen LogP contribution in [-0.4, -0.2) is 44.4 Å². The summed E-state index contributed by atoms with van der Waals surface area (Å²) in [6.07, 6.45) is 2.14. The van der Waals surface area contributed by atoms with E-state index in [-0.39, 0.29) is 18.5 Å². The van der Waals surface area contributed by atoms with Crippen molar-refractivity contribution in [3.8, 4) is 0 Å². The second-order valence-electron chi connectivity index (χ2n) is 4.50. The largest absolute Gasteiger partial charge is 0.480 e. The molecule has 1 amide bonds. The molecular weight excluding hydrogens is 246 g/mol. The van der Waals surface area contributed by atoms with Crippen LogP contribution in [0, 0.1) is 13.8 Å². The van der Waals surface area contributed by atoms with E-state index in [0.717, 1.165) is 0 Å². The molecule has 0 bridgehead atoms. The van der Waals surface area contributed by atoms with E-state index in [1.807, 2.05) is 13.8 Å². The minimum absolute atomic E-state index is 0.149. The van der Waals surface area contributed by atoms with Crippen LogP contribution in [0.4, 0.5) is 0 Å². The lowest BCUT2D eigenvalue weighted by Crippen LogP contribution is -2.42. The third-order valence-electron chi connectivity index (χ3n) is 3.02. The highest BCUT2D eigenvalue weighted by Crippen LogP contribution is 2.12. The molecule has 0 radical (unpaired) electrons. The first kappa shape index (κ1) is 15.1. The van der Waals surface area contributed by atoms with E-state index in [9.17, 15) is 9.59 Å². The molecule has 0 saturated heterocycles. The molecule has 6 heteroatoms. The minimum Gasteiger partial charge on any atom is -0.480 e. The molecule has 1 unspecified atom stereocenters. The van der Waals surface area contributed by atoms with Crippen molar-refractivity contribution in [3.63, 3.8) is 0 Å². The van der Waals surface area contributed by atoms with Crippen molar-refractivity contribution in [3.05, 3.63) is 23.3 Å². The molecule has 19 heavy (non-hydrogen) atoms. The van der Waals surface area contributed by atoms with Gasteiger partial charge in [0.15, 0.2) is 0 Å². The quantitative estimate of drug-likeness (QED) is 0.870. The topological polar surface area (TPSA) is 83.4 Å². The number of aryl methyl sites for hydroxylation is 2. The van der Waals surface area contributed by atoms with Crippen LogP contribution in [0.2, 0.25) is 0 Å². The molecule has 0 fully saturated rings. The fourth-order valence-corrected chi connectivity index (χ4v) is 1.74. The second kappa shape index (κ2) is 6.26. The number of aromatic nitrogens is 2. The molecule has 0 aliphatic carbocycles. The van der Waals surface area contributed by atoms with Crippen molar-refractivity contribution in [1.29, 1.82) is 0 Å². The maximum absolute atomic E-state index is 12.4. The Balaban J connectivity index is 3.08. The number of rotatable bonds is 5. The summed E-state index contributed by atoms with van der Waals surface area (Å²) in [5.41, 5.74) is 0.920.